The molecule has 58 heavy (non-hydrogen) atoms. The van der Waals surface area contributed by atoms with E-state index in [1.807, 2.05) is 126 Å². The smallest absolute Gasteiger partial charge is 0.213 e. The number of benzene rings is 6. The maximum absolute atomic E-state index is 4.55. The fourth-order valence-corrected chi connectivity index (χ4v) is 6.47. The van der Waals surface area contributed by atoms with Gasteiger partial charge in [-0.3, -0.25) is 0 Å². The Morgan fingerprint density at radius 3 is 0.759 bits per heavy atom. The zero-order valence-electron chi connectivity index (χ0n) is 33.4. The molecule has 0 saturated heterocycles. The summed E-state index contributed by atoms with van der Waals surface area (Å²) >= 11 is 0. The summed E-state index contributed by atoms with van der Waals surface area (Å²) < 4.78 is 5.75. The maximum Gasteiger partial charge on any atom is 3.00 e. The number of hydrogen-bond acceptors (Lipinski definition) is 6. The molecule has 0 fully saturated rings. The van der Waals surface area contributed by atoms with E-state index < -0.39 is 0 Å². The van der Waals surface area contributed by atoms with Gasteiger partial charge in [0.25, 0.3) is 0 Å². The van der Waals surface area contributed by atoms with Crippen molar-refractivity contribution >= 4 is 0 Å². The summed E-state index contributed by atoms with van der Waals surface area (Å²) in [5, 5.41) is 13.6. The molecule has 0 radical (unpaired) electrons. The largest absolute Gasteiger partial charge is 3.00 e. The van der Waals surface area contributed by atoms with Crippen LogP contribution < -0.4 is 0 Å². The molecular formula is C48H45IrN9+3. The summed E-state index contributed by atoms with van der Waals surface area (Å²) in [5.41, 5.74) is 9.99. The quantitative estimate of drug-likeness (QED) is 0.165. The van der Waals surface area contributed by atoms with Crippen molar-refractivity contribution in [2.24, 2.45) is 0 Å². The number of hydrogen-bond donors (Lipinski definition) is 0. The minimum atomic E-state index is 0. The Kier molecular flexibility index (Phi) is 13.5. The van der Waals surface area contributed by atoms with E-state index in [9.17, 15) is 0 Å². The van der Waals surface area contributed by atoms with Crippen LogP contribution in [0.4, 0.5) is 0 Å². The van der Waals surface area contributed by atoms with E-state index in [2.05, 4.69) is 124 Å². The molecule has 6 aromatic carbocycles. The van der Waals surface area contributed by atoms with Gasteiger partial charge in [0.05, 0.1) is 17.1 Å². The summed E-state index contributed by atoms with van der Waals surface area (Å²) in [4.78, 5) is 13.7. The van der Waals surface area contributed by atoms with Crippen LogP contribution in [0.3, 0.4) is 0 Å². The van der Waals surface area contributed by atoms with Gasteiger partial charge in [0.15, 0.2) is 17.5 Å². The Morgan fingerprint density at radius 1 is 0.293 bits per heavy atom. The van der Waals surface area contributed by atoms with Gasteiger partial charge >= 0.3 is 20.1 Å². The minimum absolute atomic E-state index is 0. The van der Waals surface area contributed by atoms with Crippen molar-refractivity contribution in [3.05, 3.63) is 198 Å². The fourth-order valence-electron chi connectivity index (χ4n) is 6.47. The molecule has 0 aliphatic rings. The van der Waals surface area contributed by atoms with Gasteiger partial charge in [-0.15, -0.1) is 0 Å². The van der Waals surface area contributed by atoms with Gasteiger partial charge in [0.1, 0.15) is 17.5 Å². The molecule has 0 saturated carbocycles. The van der Waals surface area contributed by atoms with Gasteiger partial charge in [-0.2, -0.15) is 15.3 Å². The minimum Gasteiger partial charge on any atom is -0.213 e. The Bertz CT molecular complexity index is 2400. The SMILES string of the molecule is Cc1nc(-c2ccccc2)n(-c2ccccc2C)n1.Cc1nc(-c2ccccc2)n(-c2ccccc2C)n1.Cc1nc(-c2ccccc2)n(-c2ccccc2C)n1.[Ir+3]. The zero-order chi connectivity index (χ0) is 39.7. The Labute approximate surface area is 353 Å². The average molecular weight is 940 g/mol. The molecule has 9 aromatic rings. The van der Waals surface area contributed by atoms with Gasteiger partial charge in [-0.05, 0) is 76.4 Å². The predicted octanol–water partition coefficient (Wildman–Crippen LogP) is 10.7. The molecule has 0 N–H and O–H groups in total. The van der Waals surface area contributed by atoms with Crippen LogP contribution >= 0.6 is 0 Å². The number of nitrogens with zero attached hydrogens (tertiary/aromatic N) is 9. The van der Waals surface area contributed by atoms with Gasteiger partial charge in [0.2, 0.25) is 0 Å². The van der Waals surface area contributed by atoms with Crippen molar-refractivity contribution < 1.29 is 20.1 Å². The van der Waals surface area contributed by atoms with E-state index in [-0.39, 0.29) is 20.1 Å². The monoisotopic (exact) mass is 940 g/mol. The van der Waals surface area contributed by atoms with Crippen molar-refractivity contribution in [1.29, 1.82) is 0 Å². The van der Waals surface area contributed by atoms with Crippen molar-refractivity contribution in [2.45, 2.75) is 41.5 Å². The third-order valence-electron chi connectivity index (χ3n) is 9.27. The summed E-state index contributed by atoms with van der Waals surface area (Å²) in [6.07, 6.45) is 0. The number of aromatic nitrogens is 9. The molecular weight excluding hydrogens is 895 g/mol. The van der Waals surface area contributed by atoms with Crippen LogP contribution in [0.2, 0.25) is 0 Å². The van der Waals surface area contributed by atoms with E-state index in [1.165, 1.54) is 16.7 Å². The number of aryl methyl sites for hydroxylation is 6. The van der Waals surface area contributed by atoms with Gasteiger partial charge in [-0.1, -0.05) is 146 Å². The molecule has 10 heteroatoms. The van der Waals surface area contributed by atoms with Crippen LogP contribution in [-0.2, 0) is 20.1 Å². The molecule has 3 heterocycles. The molecule has 288 valence electrons. The van der Waals surface area contributed by atoms with Crippen LogP contribution in [0.1, 0.15) is 34.2 Å². The molecule has 0 amide bonds. The topological polar surface area (TPSA) is 92.1 Å². The second-order valence-corrected chi connectivity index (χ2v) is 13.6. The van der Waals surface area contributed by atoms with E-state index in [4.69, 9.17) is 0 Å². The van der Waals surface area contributed by atoms with Crippen molar-refractivity contribution in [3.63, 3.8) is 0 Å². The Balaban J connectivity index is 0.000000145. The second kappa shape index (κ2) is 19.0. The first-order chi connectivity index (χ1) is 27.8. The van der Waals surface area contributed by atoms with E-state index >= 15 is 0 Å². The van der Waals surface area contributed by atoms with Crippen LogP contribution in [0.25, 0.3) is 51.2 Å². The van der Waals surface area contributed by atoms with Gasteiger partial charge < -0.3 is 0 Å². The Morgan fingerprint density at radius 2 is 0.517 bits per heavy atom. The molecule has 0 unspecified atom stereocenters. The summed E-state index contributed by atoms with van der Waals surface area (Å²) in [7, 11) is 0. The van der Waals surface area contributed by atoms with Gasteiger partial charge in [-0.25, -0.2) is 29.0 Å². The third-order valence-corrected chi connectivity index (χ3v) is 9.27. The van der Waals surface area contributed by atoms with E-state index in [1.54, 1.807) is 0 Å². The van der Waals surface area contributed by atoms with Crippen LogP contribution in [0, 0.1) is 41.5 Å². The first kappa shape index (κ1) is 41.0. The van der Waals surface area contributed by atoms with Gasteiger partial charge in [0, 0.05) is 16.7 Å². The number of para-hydroxylation sites is 3. The normalized spacial score (nSPS) is 10.4. The molecule has 0 aliphatic carbocycles. The molecule has 0 atom stereocenters. The van der Waals surface area contributed by atoms with E-state index in [0.717, 1.165) is 68.7 Å². The maximum atomic E-state index is 4.55. The second-order valence-electron chi connectivity index (χ2n) is 13.6. The molecule has 3 aromatic heterocycles. The fraction of sp³-hybridized carbons (Fsp3) is 0.125. The number of rotatable bonds is 6. The van der Waals surface area contributed by atoms with Crippen LogP contribution in [0.15, 0.2) is 164 Å². The average Bonchev–Trinajstić information content (AvgIpc) is 3.95. The first-order valence-electron chi connectivity index (χ1n) is 18.9. The first-order valence-corrected chi connectivity index (χ1v) is 18.9. The standard InChI is InChI=1S/3C16H15N3.Ir/c3*1-12-8-6-7-11-15(12)19-16(17-13(2)18-19)14-9-4-3-5-10-14;/h3*3-11H,1-2H3;/q;;;+3. The molecule has 0 bridgehead atoms. The van der Waals surface area contributed by atoms with Crippen LogP contribution in [-0.4, -0.2) is 44.3 Å². The van der Waals surface area contributed by atoms with E-state index in [0.29, 0.717) is 0 Å². The molecule has 0 spiro atoms. The third kappa shape index (κ3) is 9.49. The van der Waals surface area contributed by atoms with Crippen molar-refractivity contribution in [2.75, 3.05) is 0 Å². The Hall–Kier alpha value is -6.61. The summed E-state index contributed by atoms with van der Waals surface area (Å²) in [6.45, 7) is 12.0. The molecule has 9 rings (SSSR count). The zero-order valence-corrected chi connectivity index (χ0v) is 35.8. The molecule has 9 nitrogen and oxygen atoms in total. The van der Waals surface area contributed by atoms with Crippen molar-refractivity contribution in [1.82, 2.24) is 44.3 Å². The van der Waals surface area contributed by atoms with Crippen LogP contribution in [0.5, 0.6) is 0 Å². The molecule has 0 aliphatic heterocycles. The van der Waals surface area contributed by atoms with Crippen molar-refractivity contribution in [3.8, 4) is 51.2 Å². The summed E-state index contributed by atoms with van der Waals surface area (Å²) in [5.74, 6) is 4.98. The predicted molar refractivity (Wildman–Crippen MR) is 229 cm³/mol. The summed E-state index contributed by atoms with van der Waals surface area (Å²) in [6, 6.07) is 55.0.